The highest BCUT2D eigenvalue weighted by atomic mass is 35.5. The van der Waals surface area contributed by atoms with E-state index in [1.165, 1.54) is 0 Å². The van der Waals surface area contributed by atoms with Crippen molar-refractivity contribution in [2.24, 2.45) is 0 Å². The molecule has 0 rings (SSSR count). The Bertz CT molecular complexity index is 112. The summed E-state index contributed by atoms with van der Waals surface area (Å²) in [6.07, 6.45) is 1.65. The Hall–Kier alpha value is -0.500. The summed E-state index contributed by atoms with van der Waals surface area (Å²) < 4.78 is 4.39. The third-order valence-corrected chi connectivity index (χ3v) is 1.30. The fourth-order valence-electron chi connectivity index (χ4n) is 0.323. The predicted octanol–water partition coefficient (Wildman–Crippen LogP) is 1.69. The van der Waals surface area contributed by atoms with Gasteiger partial charge in [0.1, 0.15) is 5.38 Å². The van der Waals surface area contributed by atoms with Crippen LogP contribution in [0.3, 0.4) is 0 Å². The van der Waals surface area contributed by atoms with E-state index in [0.717, 1.165) is 6.26 Å². The van der Waals surface area contributed by atoms with E-state index in [-0.39, 0.29) is 0 Å². The first-order valence-corrected chi connectivity index (χ1v) is 3.11. The Morgan fingerprint density at radius 3 is 2.89 bits per heavy atom. The van der Waals surface area contributed by atoms with E-state index < -0.39 is 11.3 Å². The van der Waals surface area contributed by atoms with Crippen LogP contribution in [0.25, 0.3) is 0 Å². The van der Waals surface area contributed by atoms with Crippen molar-refractivity contribution in [3.63, 3.8) is 0 Å². The van der Waals surface area contributed by atoms with Gasteiger partial charge >= 0.3 is 5.97 Å². The van der Waals surface area contributed by atoms with E-state index in [9.17, 15) is 4.79 Å². The zero-order valence-electron chi connectivity index (χ0n) is 5.26. The van der Waals surface area contributed by atoms with Gasteiger partial charge in [-0.1, -0.05) is 13.5 Å². The molecule has 2 nitrogen and oxygen atoms in total. The highest BCUT2D eigenvalue weighted by Crippen LogP contribution is 2.02. The van der Waals surface area contributed by atoms with Crippen molar-refractivity contribution in [3.8, 4) is 0 Å². The molecule has 0 aliphatic carbocycles. The molecule has 0 bridgehead atoms. The smallest absolute Gasteiger partial charge is 0.328 e. The summed E-state index contributed by atoms with van der Waals surface area (Å²) in [7, 11) is 0. The lowest BCUT2D eigenvalue weighted by atomic mass is 10.3. The lowest BCUT2D eigenvalue weighted by Crippen LogP contribution is -2.13. The van der Waals surface area contributed by atoms with Crippen molar-refractivity contribution < 1.29 is 9.53 Å². The second kappa shape index (κ2) is 4.39. The lowest BCUT2D eigenvalue weighted by molar-refractivity contribution is -0.137. The Labute approximate surface area is 59.5 Å². The van der Waals surface area contributed by atoms with Gasteiger partial charge in [0.2, 0.25) is 0 Å². The first kappa shape index (κ1) is 8.50. The second-order valence-electron chi connectivity index (χ2n) is 1.48. The molecule has 0 aromatic rings. The number of rotatable bonds is 3. The van der Waals surface area contributed by atoms with Gasteiger partial charge in [-0.25, -0.2) is 0 Å². The average Bonchev–Trinajstić information content (AvgIpc) is 1.87. The molecule has 0 spiro atoms. The molecule has 0 fully saturated rings. The van der Waals surface area contributed by atoms with Gasteiger partial charge in [-0.05, 0) is 6.42 Å². The largest absolute Gasteiger partial charge is 0.434 e. The van der Waals surface area contributed by atoms with Crippen LogP contribution in [0.5, 0.6) is 0 Å². The first-order chi connectivity index (χ1) is 4.22. The van der Waals surface area contributed by atoms with Gasteiger partial charge in [0.05, 0.1) is 6.26 Å². The number of hydrogen-bond acceptors (Lipinski definition) is 2. The summed E-state index contributed by atoms with van der Waals surface area (Å²) in [5, 5.41) is -0.539. The Morgan fingerprint density at radius 1 is 2.00 bits per heavy atom. The molecule has 9 heavy (non-hydrogen) atoms. The molecule has 0 aliphatic rings. The van der Waals surface area contributed by atoms with Crippen LogP contribution in [0.1, 0.15) is 13.3 Å². The lowest BCUT2D eigenvalue weighted by Gasteiger charge is -2.01. The third-order valence-electron chi connectivity index (χ3n) is 0.814. The van der Waals surface area contributed by atoms with Crippen molar-refractivity contribution in [2.45, 2.75) is 18.7 Å². The minimum atomic E-state index is -0.539. The topological polar surface area (TPSA) is 26.3 Å². The molecule has 1 atom stereocenters. The van der Waals surface area contributed by atoms with Crippen LogP contribution in [-0.2, 0) is 9.53 Å². The minimum absolute atomic E-state index is 0.436. The molecule has 0 amide bonds. The molecule has 0 saturated heterocycles. The quantitative estimate of drug-likeness (QED) is 0.346. The SMILES string of the molecule is C=COC(=O)C(Cl)CC. The number of ether oxygens (including phenoxy) is 1. The van der Waals surface area contributed by atoms with Crippen LogP contribution in [0, 0.1) is 0 Å². The van der Waals surface area contributed by atoms with Gasteiger partial charge in [0, 0.05) is 0 Å². The third kappa shape index (κ3) is 3.14. The fraction of sp³-hybridized carbons (Fsp3) is 0.500. The predicted molar refractivity (Wildman–Crippen MR) is 36.2 cm³/mol. The number of carbonyl (C=O) groups is 1. The number of esters is 1. The van der Waals surface area contributed by atoms with Gasteiger partial charge in [0.15, 0.2) is 0 Å². The Kier molecular flexibility index (Phi) is 4.14. The van der Waals surface area contributed by atoms with Crippen molar-refractivity contribution in [1.29, 1.82) is 0 Å². The van der Waals surface area contributed by atoms with Crippen LogP contribution in [0.4, 0.5) is 0 Å². The molecule has 1 unspecified atom stereocenters. The molecule has 52 valence electrons. The van der Waals surface area contributed by atoms with Crippen LogP contribution in [0.15, 0.2) is 12.8 Å². The van der Waals surface area contributed by atoms with Crippen molar-refractivity contribution in [2.75, 3.05) is 0 Å². The summed E-state index contributed by atoms with van der Waals surface area (Å²) >= 11 is 5.47. The maximum Gasteiger partial charge on any atom is 0.328 e. The summed E-state index contributed by atoms with van der Waals surface area (Å²) in [6, 6.07) is 0. The molecule has 0 heterocycles. The molecular formula is C6H9ClO2. The molecular weight excluding hydrogens is 140 g/mol. The summed E-state index contributed by atoms with van der Waals surface area (Å²) in [4.78, 5) is 10.5. The van der Waals surface area contributed by atoms with E-state index in [4.69, 9.17) is 11.6 Å². The number of hydrogen-bond donors (Lipinski definition) is 0. The monoisotopic (exact) mass is 148 g/mol. The standard InChI is InChI=1S/C6H9ClO2/c1-3-5(7)6(8)9-4-2/h4-5H,2-3H2,1H3. The van der Waals surface area contributed by atoms with Crippen molar-refractivity contribution >= 4 is 17.6 Å². The maximum absolute atomic E-state index is 10.5. The molecule has 0 aromatic carbocycles. The fourth-order valence-corrected chi connectivity index (χ4v) is 0.374. The summed E-state index contributed by atoms with van der Waals surface area (Å²) in [6.45, 7) is 5.02. The summed E-state index contributed by atoms with van der Waals surface area (Å²) in [5.74, 6) is -0.436. The van der Waals surface area contributed by atoms with E-state index >= 15 is 0 Å². The number of carbonyl (C=O) groups excluding carboxylic acids is 1. The number of alkyl halides is 1. The first-order valence-electron chi connectivity index (χ1n) is 2.67. The van der Waals surface area contributed by atoms with Gasteiger partial charge in [-0.3, -0.25) is 4.79 Å². The Balaban J connectivity index is 3.58. The zero-order chi connectivity index (χ0) is 7.28. The molecule has 0 aromatic heterocycles. The molecule has 3 heteroatoms. The van der Waals surface area contributed by atoms with Gasteiger partial charge in [0.25, 0.3) is 0 Å². The molecule has 0 radical (unpaired) electrons. The number of halogens is 1. The van der Waals surface area contributed by atoms with Gasteiger partial charge in [-0.2, -0.15) is 0 Å². The molecule has 0 N–H and O–H groups in total. The van der Waals surface area contributed by atoms with Gasteiger partial charge < -0.3 is 4.74 Å². The van der Waals surface area contributed by atoms with E-state index in [0.29, 0.717) is 6.42 Å². The van der Waals surface area contributed by atoms with Crippen LogP contribution in [0.2, 0.25) is 0 Å². The second-order valence-corrected chi connectivity index (χ2v) is 2.01. The van der Waals surface area contributed by atoms with Gasteiger partial charge in [-0.15, -0.1) is 11.6 Å². The zero-order valence-corrected chi connectivity index (χ0v) is 6.02. The van der Waals surface area contributed by atoms with E-state index in [2.05, 4.69) is 11.3 Å². The van der Waals surface area contributed by atoms with Crippen molar-refractivity contribution in [3.05, 3.63) is 12.8 Å². The average molecular weight is 149 g/mol. The summed E-state index contributed by atoms with van der Waals surface area (Å²) in [5.41, 5.74) is 0. The highest BCUT2D eigenvalue weighted by Gasteiger charge is 2.12. The van der Waals surface area contributed by atoms with E-state index in [1.54, 1.807) is 0 Å². The molecule has 0 aliphatic heterocycles. The van der Waals surface area contributed by atoms with Crippen LogP contribution < -0.4 is 0 Å². The highest BCUT2D eigenvalue weighted by molar-refractivity contribution is 6.29. The van der Waals surface area contributed by atoms with E-state index in [1.807, 2.05) is 6.92 Å². The van der Waals surface area contributed by atoms with Crippen LogP contribution >= 0.6 is 11.6 Å². The normalized spacial score (nSPS) is 12.2. The maximum atomic E-state index is 10.5. The van der Waals surface area contributed by atoms with Crippen molar-refractivity contribution in [1.82, 2.24) is 0 Å². The minimum Gasteiger partial charge on any atom is -0.434 e. The molecule has 0 saturated carbocycles. The Morgan fingerprint density at radius 2 is 2.56 bits per heavy atom. The van der Waals surface area contributed by atoms with Crippen LogP contribution in [-0.4, -0.2) is 11.3 Å².